The summed E-state index contributed by atoms with van der Waals surface area (Å²) in [6.45, 7) is 2.37. The Bertz CT molecular complexity index is 499. The van der Waals surface area contributed by atoms with Crippen LogP contribution in [0.25, 0.3) is 0 Å². The van der Waals surface area contributed by atoms with Gasteiger partial charge in [0.05, 0.1) is 5.75 Å². The van der Waals surface area contributed by atoms with Crippen molar-refractivity contribution in [1.29, 1.82) is 0 Å². The summed E-state index contributed by atoms with van der Waals surface area (Å²) >= 11 is 0. The van der Waals surface area contributed by atoms with Gasteiger partial charge in [0.2, 0.25) is 10.0 Å². The smallest absolute Gasteiger partial charge is 0.214 e. The van der Waals surface area contributed by atoms with Gasteiger partial charge in [-0.25, -0.2) is 13.4 Å². The number of sulfonamides is 1. The third kappa shape index (κ3) is 3.91. The van der Waals surface area contributed by atoms with E-state index in [1.807, 2.05) is 18.2 Å². The van der Waals surface area contributed by atoms with E-state index in [1.54, 1.807) is 10.5 Å². The molecule has 1 fully saturated rings. The average molecular weight is 299 g/mol. The van der Waals surface area contributed by atoms with Crippen molar-refractivity contribution in [3.05, 3.63) is 24.4 Å². The van der Waals surface area contributed by atoms with Crippen LogP contribution >= 0.6 is 0 Å². The third-order valence-electron chi connectivity index (χ3n) is 3.42. The Balaban J connectivity index is 1.88. The molecule has 2 heterocycles. The van der Waals surface area contributed by atoms with E-state index in [2.05, 4.69) is 9.88 Å². The maximum absolute atomic E-state index is 12.1. The molecule has 1 aromatic heterocycles. The predicted molar refractivity (Wildman–Crippen MR) is 78.1 cm³/mol. The largest absolute Gasteiger partial charge is 0.396 e. The summed E-state index contributed by atoms with van der Waals surface area (Å²) in [7, 11) is -3.19. The lowest BCUT2D eigenvalue weighted by Gasteiger charge is -2.34. The number of rotatable bonds is 6. The highest BCUT2D eigenvalue weighted by Gasteiger charge is 2.26. The monoisotopic (exact) mass is 299 g/mol. The molecule has 0 spiro atoms. The lowest BCUT2D eigenvalue weighted by Crippen LogP contribution is -2.49. The van der Waals surface area contributed by atoms with E-state index >= 15 is 0 Å². The highest BCUT2D eigenvalue weighted by atomic mass is 32.2. The van der Waals surface area contributed by atoms with E-state index in [4.69, 9.17) is 5.11 Å². The SMILES string of the molecule is O=S(=O)(CCCCO)N1CCN(c2ccccn2)CC1. The fourth-order valence-corrected chi connectivity index (χ4v) is 3.81. The quantitative estimate of drug-likeness (QED) is 0.765. The molecule has 6 nitrogen and oxygen atoms in total. The summed E-state index contributed by atoms with van der Waals surface area (Å²) in [5.41, 5.74) is 0. The van der Waals surface area contributed by atoms with Crippen LogP contribution in [0.2, 0.25) is 0 Å². The molecule has 0 radical (unpaired) electrons. The molecule has 1 aliphatic heterocycles. The van der Waals surface area contributed by atoms with Crippen molar-refractivity contribution in [2.24, 2.45) is 0 Å². The van der Waals surface area contributed by atoms with Crippen LogP contribution in [0.3, 0.4) is 0 Å². The maximum atomic E-state index is 12.1. The van der Waals surface area contributed by atoms with Gasteiger partial charge < -0.3 is 10.0 Å². The van der Waals surface area contributed by atoms with Gasteiger partial charge in [-0.1, -0.05) is 6.07 Å². The normalized spacial score (nSPS) is 17.4. The van der Waals surface area contributed by atoms with Gasteiger partial charge in [0.25, 0.3) is 0 Å². The van der Waals surface area contributed by atoms with E-state index < -0.39 is 10.0 Å². The van der Waals surface area contributed by atoms with Crippen LogP contribution in [0, 0.1) is 0 Å². The first-order valence-corrected chi connectivity index (χ1v) is 8.49. The first-order valence-electron chi connectivity index (χ1n) is 6.88. The summed E-state index contributed by atoms with van der Waals surface area (Å²) in [6.07, 6.45) is 2.79. The molecule has 0 aliphatic carbocycles. The van der Waals surface area contributed by atoms with Crippen molar-refractivity contribution >= 4 is 15.8 Å². The molecule has 0 bridgehead atoms. The summed E-state index contributed by atoms with van der Waals surface area (Å²) in [6, 6.07) is 5.73. The van der Waals surface area contributed by atoms with Crippen LogP contribution in [0.4, 0.5) is 5.82 Å². The van der Waals surface area contributed by atoms with Crippen molar-refractivity contribution in [3.8, 4) is 0 Å². The van der Waals surface area contributed by atoms with Crippen LogP contribution in [-0.2, 0) is 10.0 Å². The number of hydrogen-bond acceptors (Lipinski definition) is 5. The zero-order valence-electron chi connectivity index (χ0n) is 11.5. The second-order valence-corrected chi connectivity index (χ2v) is 6.91. The van der Waals surface area contributed by atoms with Crippen LogP contribution in [0.1, 0.15) is 12.8 Å². The van der Waals surface area contributed by atoms with Gasteiger partial charge in [-0.3, -0.25) is 0 Å². The van der Waals surface area contributed by atoms with Gasteiger partial charge in [0, 0.05) is 39.0 Å². The Morgan fingerprint density at radius 3 is 2.50 bits per heavy atom. The number of pyridine rings is 1. The summed E-state index contributed by atoms with van der Waals surface area (Å²) in [4.78, 5) is 6.38. The minimum atomic E-state index is -3.19. The van der Waals surface area contributed by atoms with Gasteiger partial charge in [0.15, 0.2) is 0 Å². The Morgan fingerprint density at radius 1 is 1.15 bits per heavy atom. The minimum Gasteiger partial charge on any atom is -0.396 e. The molecular formula is C13H21N3O3S. The van der Waals surface area contributed by atoms with Crippen molar-refractivity contribution in [2.45, 2.75) is 12.8 Å². The molecule has 0 unspecified atom stereocenters. The molecule has 1 aromatic rings. The molecule has 0 aromatic carbocycles. The van der Waals surface area contributed by atoms with Gasteiger partial charge in [-0.15, -0.1) is 0 Å². The van der Waals surface area contributed by atoms with Gasteiger partial charge in [-0.2, -0.15) is 4.31 Å². The standard InChI is InChI=1S/C13H21N3O3S/c17-11-3-4-12-20(18,19)16-9-7-15(8-10-16)13-5-1-2-6-14-13/h1-2,5-6,17H,3-4,7-12H2. The zero-order valence-corrected chi connectivity index (χ0v) is 12.3. The van der Waals surface area contributed by atoms with Gasteiger partial charge in [-0.05, 0) is 25.0 Å². The van der Waals surface area contributed by atoms with E-state index in [9.17, 15) is 8.42 Å². The number of aromatic nitrogens is 1. The number of anilines is 1. The number of nitrogens with zero attached hydrogens (tertiary/aromatic N) is 3. The number of unbranched alkanes of at least 4 members (excludes halogenated alkanes) is 1. The fraction of sp³-hybridized carbons (Fsp3) is 0.615. The minimum absolute atomic E-state index is 0.0446. The van der Waals surface area contributed by atoms with E-state index in [-0.39, 0.29) is 12.4 Å². The molecule has 7 heteroatoms. The highest BCUT2D eigenvalue weighted by Crippen LogP contribution is 2.15. The van der Waals surface area contributed by atoms with Gasteiger partial charge in [0.1, 0.15) is 5.82 Å². The van der Waals surface area contributed by atoms with Crippen molar-refractivity contribution < 1.29 is 13.5 Å². The van der Waals surface area contributed by atoms with E-state index in [0.29, 0.717) is 39.0 Å². The lowest BCUT2D eigenvalue weighted by molar-refractivity contribution is 0.286. The number of aliphatic hydroxyl groups excluding tert-OH is 1. The lowest BCUT2D eigenvalue weighted by atomic mass is 10.3. The molecule has 1 aliphatic rings. The highest BCUT2D eigenvalue weighted by molar-refractivity contribution is 7.89. The van der Waals surface area contributed by atoms with Crippen molar-refractivity contribution in [2.75, 3.05) is 43.4 Å². The van der Waals surface area contributed by atoms with E-state index in [1.165, 1.54) is 0 Å². The topological polar surface area (TPSA) is 73.7 Å². The first-order chi connectivity index (χ1) is 9.63. The fourth-order valence-electron chi connectivity index (χ4n) is 2.26. The van der Waals surface area contributed by atoms with Crippen LogP contribution in [-0.4, -0.2) is 61.4 Å². The molecule has 112 valence electrons. The Hall–Kier alpha value is -1.18. The molecule has 1 saturated heterocycles. The molecule has 2 rings (SSSR count). The average Bonchev–Trinajstić information content (AvgIpc) is 2.48. The third-order valence-corrected chi connectivity index (χ3v) is 5.37. The van der Waals surface area contributed by atoms with Crippen LogP contribution in [0.5, 0.6) is 0 Å². The first kappa shape index (κ1) is 15.2. The molecule has 0 amide bonds. The molecule has 0 saturated carbocycles. The zero-order chi connectivity index (χ0) is 14.4. The second-order valence-electron chi connectivity index (χ2n) is 4.82. The number of hydrogen-bond donors (Lipinski definition) is 1. The summed E-state index contributed by atoms with van der Waals surface area (Å²) in [5.74, 6) is 1.02. The number of piperazine rings is 1. The number of aliphatic hydroxyl groups is 1. The molecule has 1 N–H and O–H groups in total. The maximum Gasteiger partial charge on any atom is 0.214 e. The molecule has 0 atom stereocenters. The Kier molecular flexibility index (Phi) is 5.33. The molecular weight excluding hydrogens is 278 g/mol. The van der Waals surface area contributed by atoms with Gasteiger partial charge >= 0.3 is 0 Å². The summed E-state index contributed by atoms with van der Waals surface area (Å²) in [5, 5.41) is 8.71. The van der Waals surface area contributed by atoms with Crippen LogP contribution < -0.4 is 4.90 Å². The van der Waals surface area contributed by atoms with Crippen molar-refractivity contribution in [1.82, 2.24) is 9.29 Å². The Morgan fingerprint density at radius 2 is 1.90 bits per heavy atom. The predicted octanol–water partition coefficient (Wildman–Crippen LogP) is 0.306. The summed E-state index contributed by atoms with van der Waals surface area (Å²) < 4.78 is 25.8. The second kappa shape index (κ2) is 7.01. The van der Waals surface area contributed by atoms with Crippen molar-refractivity contribution in [3.63, 3.8) is 0 Å². The van der Waals surface area contributed by atoms with Crippen LogP contribution in [0.15, 0.2) is 24.4 Å². The van der Waals surface area contributed by atoms with E-state index in [0.717, 1.165) is 5.82 Å². The Labute approximate surface area is 120 Å². The molecule has 20 heavy (non-hydrogen) atoms.